The number of aliphatic hydroxyl groups excluding tert-OH is 2. The van der Waals surface area contributed by atoms with Crippen molar-refractivity contribution in [1.82, 2.24) is 5.32 Å². The van der Waals surface area contributed by atoms with Crippen LogP contribution in [0.15, 0.2) is 13.4 Å². The number of halogens is 3. The number of nitrogens with two attached hydrogens (primary N) is 1. The lowest BCUT2D eigenvalue weighted by atomic mass is 10.1. The minimum Gasteiger partial charge on any atom is -0.396 e. The number of amides is 3. The van der Waals surface area contributed by atoms with Crippen molar-refractivity contribution in [2.75, 3.05) is 11.9 Å². The van der Waals surface area contributed by atoms with Gasteiger partial charge >= 0.3 is 0 Å². The smallest absolute Gasteiger partial charge is 0.255 e. The molecule has 0 bridgehead atoms. The molecule has 1 rings (SSSR count). The Kier molecular flexibility index (Phi) is 7.80. The number of rotatable bonds is 6. The molecule has 0 aliphatic carbocycles. The molecule has 0 spiro atoms. The van der Waals surface area contributed by atoms with Crippen LogP contribution in [0.25, 0.3) is 0 Å². The van der Waals surface area contributed by atoms with Crippen molar-refractivity contribution in [1.29, 1.82) is 0 Å². The molecular weight excluding hydrogens is 518 g/mol. The molecule has 132 valence electrons. The van der Waals surface area contributed by atoms with Gasteiger partial charge in [-0.25, -0.2) is 0 Å². The van der Waals surface area contributed by atoms with Crippen molar-refractivity contribution in [2.24, 2.45) is 5.73 Å². The Morgan fingerprint density at radius 3 is 2.12 bits per heavy atom. The molecule has 0 aliphatic heterocycles. The minimum absolute atomic E-state index is 0.0484. The number of primary amides is 1. The molecular formula is C13H14Br3N3O5. The second kappa shape index (κ2) is 8.90. The summed E-state index contributed by atoms with van der Waals surface area (Å²) in [6.45, 7) is 0.934. The molecule has 0 heterocycles. The Labute approximate surface area is 162 Å². The molecule has 8 nitrogen and oxygen atoms in total. The molecule has 24 heavy (non-hydrogen) atoms. The van der Waals surface area contributed by atoms with Gasteiger partial charge in [-0.2, -0.15) is 0 Å². The number of benzene rings is 1. The first-order valence-corrected chi connectivity index (χ1v) is 8.87. The van der Waals surface area contributed by atoms with Gasteiger partial charge in [0.2, 0.25) is 5.91 Å². The van der Waals surface area contributed by atoms with E-state index in [0.717, 1.165) is 0 Å². The third-order valence-corrected chi connectivity index (χ3v) is 5.17. The van der Waals surface area contributed by atoms with Crippen LogP contribution in [0.1, 0.15) is 34.1 Å². The van der Waals surface area contributed by atoms with Gasteiger partial charge in [0.25, 0.3) is 11.8 Å². The van der Waals surface area contributed by atoms with Crippen molar-refractivity contribution in [3.8, 4) is 0 Å². The van der Waals surface area contributed by atoms with Crippen molar-refractivity contribution in [3.63, 3.8) is 0 Å². The van der Waals surface area contributed by atoms with E-state index in [4.69, 9.17) is 10.8 Å². The number of aliphatic hydroxyl groups is 2. The van der Waals surface area contributed by atoms with E-state index in [1.807, 2.05) is 0 Å². The highest BCUT2D eigenvalue weighted by molar-refractivity contribution is 9.11. The number of carbonyl (C=O) groups excluding carboxylic acids is 3. The highest BCUT2D eigenvalue weighted by atomic mass is 79.9. The van der Waals surface area contributed by atoms with Gasteiger partial charge in [-0.3, -0.25) is 14.4 Å². The molecule has 0 saturated heterocycles. The second-order valence-electron chi connectivity index (χ2n) is 4.61. The van der Waals surface area contributed by atoms with Gasteiger partial charge < -0.3 is 26.6 Å². The standard InChI is InChI=1S/C13H14Br3N3O5/c1-4(21)18-11-9(15)6(12(17)23)8(14)7(10(11)16)13(24)19-5(22)2-3-20/h5,20,22H,2-3H2,1H3,(H2,17,23)(H,18,21)(H,19,24). The summed E-state index contributed by atoms with van der Waals surface area (Å²) in [5, 5.41) is 23.2. The van der Waals surface area contributed by atoms with E-state index < -0.39 is 23.9 Å². The monoisotopic (exact) mass is 529 g/mol. The predicted molar refractivity (Wildman–Crippen MR) is 97.5 cm³/mol. The fourth-order valence-corrected chi connectivity index (χ4v) is 4.72. The molecule has 1 unspecified atom stereocenters. The summed E-state index contributed by atoms with van der Waals surface area (Å²) in [6.07, 6.45) is -1.36. The lowest BCUT2D eigenvalue weighted by molar-refractivity contribution is -0.114. The number of nitrogens with one attached hydrogen (secondary N) is 2. The Morgan fingerprint density at radius 1 is 1.12 bits per heavy atom. The van der Waals surface area contributed by atoms with Gasteiger partial charge in [0.1, 0.15) is 6.23 Å². The van der Waals surface area contributed by atoms with E-state index in [1.165, 1.54) is 6.92 Å². The maximum Gasteiger partial charge on any atom is 0.255 e. The Balaban J connectivity index is 3.53. The van der Waals surface area contributed by atoms with Crippen LogP contribution in [0.3, 0.4) is 0 Å². The third kappa shape index (κ3) is 4.76. The van der Waals surface area contributed by atoms with Gasteiger partial charge in [0.05, 0.1) is 25.8 Å². The van der Waals surface area contributed by atoms with Crippen LogP contribution >= 0.6 is 47.8 Å². The lowest BCUT2D eigenvalue weighted by Crippen LogP contribution is -2.36. The first kappa shape index (κ1) is 21.0. The van der Waals surface area contributed by atoms with Crippen LogP contribution in [0.4, 0.5) is 5.69 Å². The summed E-state index contributed by atoms with van der Waals surface area (Å²) < 4.78 is 0.447. The van der Waals surface area contributed by atoms with Crippen LogP contribution in [0.2, 0.25) is 0 Å². The predicted octanol–water partition coefficient (Wildman–Crippen LogP) is 1.46. The van der Waals surface area contributed by atoms with E-state index in [1.54, 1.807) is 0 Å². The highest BCUT2D eigenvalue weighted by Crippen LogP contribution is 2.42. The van der Waals surface area contributed by atoms with Crippen LogP contribution in [-0.2, 0) is 4.79 Å². The summed E-state index contributed by atoms with van der Waals surface area (Å²) in [5.41, 5.74) is 5.38. The van der Waals surface area contributed by atoms with Crippen molar-refractivity contribution in [3.05, 3.63) is 24.5 Å². The average Bonchev–Trinajstić information content (AvgIpc) is 2.42. The maximum absolute atomic E-state index is 12.4. The van der Waals surface area contributed by atoms with Gasteiger partial charge in [-0.1, -0.05) is 0 Å². The molecule has 0 aromatic heterocycles. The third-order valence-electron chi connectivity index (χ3n) is 2.79. The normalized spacial score (nSPS) is 11.8. The molecule has 1 aromatic rings. The fourth-order valence-electron chi connectivity index (χ4n) is 1.78. The van der Waals surface area contributed by atoms with Crippen molar-refractivity contribution >= 4 is 71.2 Å². The molecule has 0 fully saturated rings. The molecule has 0 radical (unpaired) electrons. The molecule has 3 amide bonds. The Morgan fingerprint density at radius 2 is 1.67 bits per heavy atom. The van der Waals surface area contributed by atoms with Crippen LogP contribution in [0, 0.1) is 0 Å². The largest absolute Gasteiger partial charge is 0.396 e. The van der Waals surface area contributed by atoms with Gasteiger partial charge in [-0.05, 0) is 47.8 Å². The molecule has 0 aliphatic rings. The molecule has 6 N–H and O–H groups in total. The first-order chi connectivity index (χ1) is 11.1. The zero-order valence-electron chi connectivity index (χ0n) is 12.3. The van der Waals surface area contributed by atoms with E-state index in [9.17, 15) is 19.5 Å². The summed E-state index contributed by atoms with van der Waals surface area (Å²) in [4.78, 5) is 35.5. The van der Waals surface area contributed by atoms with Crippen molar-refractivity contribution in [2.45, 2.75) is 19.6 Å². The Hall–Kier alpha value is -1.01. The zero-order chi connectivity index (χ0) is 18.6. The van der Waals surface area contributed by atoms with E-state index >= 15 is 0 Å². The number of hydrogen-bond acceptors (Lipinski definition) is 5. The van der Waals surface area contributed by atoms with E-state index in [-0.39, 0.29) is 43.3 Å². The fraction of sp³-hybridized carbons (Fsp3) is 0.308. The zero-order valence-corrected chi connectivity index (χ0v) is 17.1. The maximum atomic E-state index is 12.4. The molecule has 0 saturated carbocycles. The topological polar surface area (TPSA) is 142 Å². The van der Waals surface area contributed by atoms with E-state index in [0.29, 0.717) is 0 Å². The second-order valence-corrected chi connectivity index (χ2v) is 6.99. The van der Waals surface area contributed by atoms with Crippen LogP contribution in [0.5, 0.6) is 0 Å². The number of carbonyl (C=O) groups is 3. The first-order valence-electron chi connectivity index (χ1n) is 6.49. The SMILES string of the molecule is CC(=O)Nc1c(Br)c(C(N)=O)c(Br)c(C(=O)NC(O)CCO)c1Br. The lowest BCUT2D eigenvalue weighted by Gasteiger charge is -2.19. The quantitative estimate of drug-likeness (QED) is 0.353. The summed E-state index contributed by atoms with van der Waals surface area (Å²) in [7, 11) is 0. The number of hydrogen-bond donors (Lipinski definition) is 5. The summed E-state index contributed by atoms with van der Waals surface area (Å²) >= 11 is 9.53. The number of anilines is 1. The summed E-state index contributed by atoms with van der Waals surface area (Å²) in [5.74, 6) is -2.00. The average molecular weight is 532 g/mol. The minimum atomic E-state index is -1.29. The molecule has 1 aromatic carbocycles. The van der Waals surface area contributed by atoms with Gasteiger partial charge in [0.15, 0.2) is 0 Å². The van der Waals surface area contributed by atoms with Crippen LogP contribution < -0.4 is 16.4 Å². The Bertz CT molecular complexity index is 696. The van der Waals surface area contributed by atoms with Crippen molar-refractivity contribution < 1.29 is 24.6 Å². The van der Waals surface area contributed by atoms with E-state index in [2.05, 4.69) is 58.4 Å². The molecule has 11 heteroatoms. The highest BCUT2D eigenvalue weighted by Gasteiger charge is 2.28. The summed E-state index contributed by atoms with van der Waals surface area (Å²) in [6, 6.07) is 0. The van der Waals surface area contributed by atoms with Crippen LogP contribution in [-0.4, -0.2) is 40.8 Å². The van der Waals surface area contributed by atoms with Gasteiger partial charge in [0, 0.05) is 24.4 Å². The van der Waals surface area contributed by atoms with Gasteiger partial charge in [-0.15, -0.1) is 0 Å². The molecule has 1 atom stereocenters.